The van der Waals surface area contributed by atoms with Gasteiger partial charge in [0.2, 0.25) is 0 Å². The topological polar surface area (TPSA) is 20.3 Å². The number of hydrogen-bond acceptors (Lipinski definition) is 2. The van der Waals surface area contributed by atoms with Crippen LogP contribution in [0.5, 0.6) is 0 Å². The Kier molecular flexibility index (Phi) is 5.30. The molecule has 1 fully saturated rings. The molecular formula is C20H29NO. The standard InChI is InChI=1S/C20H29NO/c1-2-3-10-19(21-13-6-7-14-21)20(22)18-12-11-16-8-4-5-9-17(16)15-18/h11-12,15,19H,2-10,13-14H2,1H3. The van der Waals surface area contributed by atoms with Crippen LogP contribution in [0.15, 0.2) is 18.2 Å². The molecule has 0 bridgehead atoms. The number of carbonyl (C=O) groups is 1. The summed E-state index contributed by atoms with van der Waals surface area (Å²) in [5, 5.41) is 0. The van der Waals surface area contributed by atoms with Gasteiger partial charge >= 0.3 is 0 Å². The summed E-state index contributed by atoms with van der Waals surface area (Å²) < 4.78 is 0. The van der Waals surface area contributed by atoms with Crippen LogP contribution in [0.1, 0.15) is 73.4 Å². The lowest BCUT2D eigenvalue weighted by atomic mass is 9.88. The van der Waals surface area contributed by atoms with Crippen LogP contribution in [-0.2, 0) is 12.8 Å². The lowest BCUT2D eigenvalue weighted by Crippen LogP contribution is -2.39. The van der Waals surface area contributed by atoms with Crippen molar-refractivity contribution in [3.63, 3.8) is 0 Å². The summed E-state index contributed by atoms with van der Waals surface area (Å²) in [5.41, 5.74) is 3.84. The van der Waals surface area contributed by atoms with Gasteiger partial charge in [-0.3, -0.25) is 9.69 Å². The molecule has 0 saturated carbocycles. The maximum absolute atomic E-state index is 13.1. The molecule has 1 heterocycles. The van der Waals surface area contributed by atoms with Gasteiger partial charge < -0.3 is 0 Å². The van der Waals surface area contributed by atoms with Crippen molar-refractivity contribution in [3.05, 3.63) is 34.9 Å². The summed E-state index contributed by atoms with van der Waals surface area (Å²) in [6.45, 7) is 4.42. The highest BCUT2D eigenvalue weighted by molar-refractivity contribution is 6.00. The van der Waals surface area contributed by atoms with Gasteiger partial charge in [0, 0.05) is 5.56 Å². The molecule has 1 aromatic rings. The van der Waals surface area contributed by atoms with Crippen LogP contribution in [-0.4, -0.2) is 29.8 Å². The van der Waals surface area contributed by atoms with Gasteiger partial charge in [-0.2, -0.15) is 0 Å². The zero-order chi connectivity index (χ0) is 15.4. The van der Waals surface area contributed by atoms with Gasteiger partial charge in [-0.1, -0.05) is 31.9 Å². The van der Waals surface area contributed by atoms with Crippen LogP contribution >= 0.6 is 0 Å². The monoisotopic (exact) mass is 299 g/mol. The molecule has 0 spiro atoms. The second kappa shape index (κ2) is 7.41. The fourth-order valence-electron chi connectivity index (χ4n) is 4.01. The Balaban J connectivity index is 1.79. The summed E-state index contributed by atoms with van der Waals surface area (Å²) in [6, 6.07) is 6.61. The maximum atomic E-state index is 13.1. The molecule has 0 N–H and O–H groups in total. The van der Waals surface area contributed by atoms with Crippen molar-refractivity contribution in [2.75, 3.05) is 13.1 Å². The van der Waals surface area contributed by atoms with E-state index in [1.54, 1.807) is 0 Å². The Morgan fingerprint density at radius 2 is 1.82 bits per heavy atom. The van der Waals surface area contributed by atoms with Crippen LogP contribution in [0.25, 0.3) is 0 Å². The number of likely N-dealkylation sites (tertiary alicyclic amines) is 1. The molecule has 0 aromatic heterocycles. The summed E-state index contributed by atoms with van der Waals surface area (Å²) in [4.78, 5) is 15.5. The van der Waals surface area contributed by atoms with Crippen molar-refractivity contribution < 1.29 is 4.79 Å². The van der Waals surface area contributed by atoms with Gasteiger partial charge in [0.15, 0.2) is 5.78 Å². The third kappa shape index (κ3) is 3.43. The Labute approximate surface area is 134 Å². The molecule has 1 saturated heterocycles. The van der Waals surface area contributed by atoms with Crippen LogP contribution in [0.4, 0.5) is 0 Å². The number of rotatable bonds is 6. The number of unbranched alkanes of at least 4 members (excludes halogenated alkanes) is 1. The molecule has 2 nitrogen and oxygen atoms in total. The number of hydrogen-bond donors (Lipinski definition) is 0. The number of aryl methyl sites for hydroxylation is 2. The maximum Gasteiger partial charge on any atom is 0.179 e. The summed E-state index contributed by atoms with van der Waals surface area (Å²) in [6.07, 6.45) is 10.8. The zero-order valence-electron chi connectivity index (χ0n) is 13.9. The Bertz CT molecular complexity index is 516. The highest BCUT2D eigenvalue weighted by atomic mass is 16.1. The van der Waals surface area contributed by atoms with E-state index in [4.69, 9.17) is 0 Å². The minimum Gasteiger partial charge on any atom is -0.293 e. The normalized spacial score (nSPS) is 19.9. The van der Waals surface area contributed by atoms with Crippen molar-refractivity contribution >= 4 is 5.78 Å². The number of fused-ring (bicyclic) bond motifs is 1. The highest BCUT2D eigenvalue weighted by Crippen LogP contribution is 2.25. The van der Waals surface area contributed by atoms with Gasteiger partial charge in [0.05, 0.1) is 6.04 Å². The van der Waals surface area contributed by atoms with Crippen LogP contribution < -0.4 is 0 Å². The molecule has 1 unspecified atom stereocenters. The predicted molar refractivity (Wildman–Crippen MR) is 91.5 cm³/mol. The fourth-order valence-corrected chi connectivity index (χ4v) is 4.01. The van der Waals surface area contributed by atoms with Gasteiger partial charge in [0.25, 0.3) is 0 Å². The van der Waals surface area contributed by atoms with E-state index in [-0.39, 0.29) is 6.04 Å². The van der Waals surface area contributed by atoms with Crippen molar-refractivity contribution in [1.29, 1.82) is 0 Å². The first-order chi connectivity index (χ1) is 10.8. The van der Waals surface area contributed by atoms with Gasteiger partial charge in [-0.05, 0) is 75.2 Å². The molecule has 0 radical (unpaired) electrons. The number of carbonyl (C=O) groups excluding carboxylic acids is 1. The molecule has 120 valence electrons. The largest absolute Gasteiger partial charge is 0.293 e. The van der Waals surface area contributed by atoms with Crippen LogP contribution in [0.2, 0.25) is 0 Å². The first-order valence-corrected chi connectivity index (χ1v) is 9.19. The van der Waals surface area contributed by atoms with Crippen LogP contribution in [0.3, 0.4) is 0 Å². The van der Waals surface area contributed by atoms with Gasteiger partial charge in [-0.15, -0.1) is 0 Å². The SMILES string of the molecule is CCCCC(C(=O)c1ccc2c(c1)CCCC2)N1CCCC1. The van der Waals surface area contributed by atoms with Crippen LogP contribution in [0, 0.1) is 0 Å². The van der Waals surface area contributed by atoms with Crippen molar-refractivity contribution in [3.8, 4) is 0 Å². The van der Waals surface area contributed by atoms with Gasteiger partial charge in [-0.25, -0.2) is 0 Å². The second-order valence-corrected chi connectivity index (χ2v) is 6.96. The average molecular weight is 299 g/mol. The van der Waals surface area contributed by atoms with E-state index >= 15 is 0 Å². The van der Waals surface area contributed by atoms with E-state index in [9.17, 15) is 4.79 Å². The first-order valence-electron chi connectivity index (χ1n) is 9.19. The molecular weight excluding hydrogens is 270 g/mol. The molecule has 2 aliphatic rings. The third-order valence-corrected chi connectivity index (χ3v) is 5.35. The summed E-state index contributed by atoms with van der Waals surface area (Å²) >= 11 is 0. The minimum absolute atomic E-state index is 0.115. The average Bonchev–Trinajstić information content (AvgIpc) is 3.09. The molecule has 1 aromatic carbocycles. The number of Topliss-reactive ketones (excluding diaryl/α,β-unsaturated/α-hetero) is 1. The molecule has 3 rings (SSSR count). The molecule has 1 atom stereocenters. The van der Waals surface area contributed by atoms with E-state index in [0.717, 1.165) is 37.9 Å². The predicted octanol–water partition coefficient (Wildman–Crippen LogP) is 4.40. The van der Waals surface area contributed by atoms with Crippen molar-refractivity contribution in [2.24, 2.45) is 0 Å². The number of ketones is 1. The zero-order valence-corrected chi connectivity index (χ0v) is 13.9. The molecule has 1 aliphatic carbocycles. The van der Waals surface area contributed by atoms with E-state index in [1.165, 1.54) is 49.7 Å². The first kappa shape index (κ1) is 15.7. The minimum atomic E-state index is 0.115. The Morgan fingerprint density at radius 3 is 2.55 bits per heavy atom. The highest BCUT2D eigenvalue weighted by Gasteiger charge is 2.28. The smallest absolute Gasteiger partial charge is 0.179 e. The Morgan fingerprint density at radius 1 is 1.09 bits per heavy atom. The lowest BCUT2D eigenvalue weighted by molar-refractivity contribution is 0.0835. The number of benzene rings is 1. The summed E-state index contributed by atoms with van der Waals surface area (Å²) in [5.74, 6) is 0.365. The molecule has 1 aliphatic heterocycles. The summed E-state index contributed by atoms with van der Waals surface area (Å²) in [7, 11) is 0. The van der Waals surface area contributed by atoms with E-state index in [2.05, 4.69) is 30.0 Å². The molecule has 0 amide bonds. The Hall–Kier alpha value is -1.15. The fraction of sp³-hybridized carbons (Fsp3) is 0.650. The van der Waals surface area contributed by atoms with Crippen molar-refractivity contribution in [1.82, 2.24) is 4.90 Å². The molecule has 22 heavy (non-hydrogen) atoms. The third-order valence-electron chi connectivity index (χ3n) is 5.35. The molecule has 2 heteroatoms. The van der Waals surface area contributed by atoms with E-state index in [1.807, 2.05) is 0 Å². The van der Waals surface area contributed by atoms with Crippen molar-refractivity contribution in [2.45, 2.75) is 70.8 Å². The quantitative estimate of drug-likeness (QED) is 0.726. The second-order valence-electron chi connectivity index (χ2n) is 6.96. The van der Waals surface area contributed by atoms with Gasteiger partial charge in [0.1, 0.15) is 0 Å². The number of nitrogens with zero attached hydrogens (tertiary/aromatic N) is 1. The van der Waals surface area contributed by atoms with E-state index < -0.39 is 0 Å². The lowest BCUT2D eigenvalue weighted by Gasteiger charge is -2.27. The van der Waals surface area contributed by atoms with E-state index in [0.29, 0.717) is 5.78 Å².